The number of nitrogens with zero attached hydrogens (tertiary/aromatic N) is 1. The molecule has 0 aromatic heterocycles. The van der Waals surface area contributed by atoms with Crippen LogP contribution in [0.3, 0.4) is 0 Å². The Morgan fingerprint density at radius 2 is 1.68 bits per heavy atom. The second-order valence-electron chi connectivity index (χ2n) is 6.11. The second-order valence-corrected chi connectivity index (χ2v) is 6.11. The zero-order chi connectivity index (χ0) is 17.4. The van der Waals surface area contributed by atoms with E-state index in [1.54, 1.807) is 36.4 Å². The van der Waals surface area contributed by atoms with Crippen LogP contribution in [-0.2, 0) is 4.84 Å². The summed E-state index contributed by atoms with van der Waals surface area (Å²) in [5.41, 5.74) is 0.661. The molecule has 6 nitrogen and oxygen atoms in total. The van der Waals surface area contributed by atoms with E-state index in [9.17, 15) is 14.4 Å². The summed E-state index contributed by atoms with van der Waals surface area (Å²) in [6.45, 7) is 0.622. The highest BCUT2D eigenvalue weighted by atomic mass is 16.7. The molecule has 0 radical (unpaired) electrons. The van der Waals surface area contributed by atoms with Crippen LogP contribution in [0.5, 0.6) is 5.75 Å². The molecule has 4 rings (SSSR count). The maximum atomic E-state index is 12.3. The van der Waals surface area contributed by atoms with Crippen molar-refractivity contribution in [2.24, 2.45) is 5.92 Å². The molecule has 0 spiro atoms. The Morgan fingerprint density at radius 3 is 2.32 bits per heavy atom. The number of hydroxylamine groups is 2. The Hall–Kier alpha value is -3.15. The van der Waals surface area contributed by atoms with Gasteiger partial charge >= 0.3 is 5.97 Å². The molecule has 0 atom stereocenters. The van der Waals surface area contributed by atoms with E-state index >= 15 is 0 Å². The minimum absolute atomic E-state index is 0.213. The fourth-order valence-electron chi connectivity index (χ4n) is 2.60. The fourth-order valence-corrected chi connectivity index (χ4v) is 2.60. The maximum Gasteiger partial charge on any atom is 0.364 e. The number of benzene rings is 2. The lowest BCUT2D eigenvalue weighted by Gasteiger charge is -2.13. The van der Waals surface area contributed by atoms with Crippen molar-refractivity contribution in [2.75, 3.05) is 6.61 Å². The smallest absolute Gasteiger partial charge is 0.364 e. The molecule has 25 heavy (non-hydrogen) atoms. The molecule has 1 aliphatic carbocycles. The Morgan fingerprint density at radius 1 is 1.00 bits per heavy atom. The molecule has 1 aliphatic heterocycles. The van der Waals surface area contributed by atoms with Crippen LogP contribution in [-0.4, -0.2) is 29.5 Å². The highest BCUT2D eigenvalue weighted by Gasteiger charge is 2.38. The molecule has 2 aromatic rings. The summed E-state index contributed by atoms with van der Waals surface area (Å²) in [5, 5.41) is 0.505. The molecule has 126 valence electrons. The second kappa shape index (κ2) is 6.05. The molecule has 2 aromatic carbocycles. The number of ether oxygens (including phenoxy) is 1. The third-order valence-corrected chi connectivity index (χ3v) is 4.18. The zero-order valence-electron chi connectivity index (χ0n) is 13.3. The lowest BCUT2D eigenvalue weighted by molar-refractivity contribution is -0.0584. The SMILES string of the molecule is O=C(ON1C(=O)c2ccccc2C1=O)c1cccc(OCC2CC2)c1. The van der Waals surface area contributed by atoms with Gasteiger partial charge in [0.25, 0.3) is 11.8 Å². The summed E-state index contributed by atoms with van der Waals surface area (Å²) in [4.78, 5) is 41.8. The van der Waals surface area contributed by atoms with Crippen molar-refractivity contribution in [2.45, 2.75) is 12.8 Å². The highest BCUT2D eigenvalue weighted by Crippen LogP contribution is 2.30. The first-order chi connectivity index (χ1) is 12.1. The van der Waals surface area contributed by atoms with Crippen LogP contribution < -0.4 is 4.74 Å². The van der Waals surface area contributed by atoms with Gasteiger partial charge in [-0.25, -0.2) is 4.79 Å². The van der Waals surface area contributed by atoms with E-state index < -0.39 is 17.8 Å². The summed E-state index contributed by atoms with van der Waals surface area (Å²) in [7, 11) is 0. The van der Waals surface area contributed by atoms with Crippen molar-refractivity contribution in [1.82, 2.24) is 5.06 Å². The number of fused-ring (bicyclic) bond motifs is 1. The Kier molecular flexibility index (Phi) is 3.72. The average molecular weight is 337 g/mol. The van der Waals surface area contributed by atoms with E-state index in [0.717, 1.165) is 0 Å². The van der Waals surface area contributed by atoms with Crippen LogP contribution in [0.2, 0.25) is 0 Å². The van der Waals surface area contributed by atoms with E-state index in [2.05, 4.69) is 0 Å². The quantitative estimate of drug-likeness (QED) is 0.785. The van der Waals surface area contributed by atoms with Gasteiger partial charge in [0.15, 0.2) is 0 Å². The van der Waals surface area contributed by atoms with E-state index in [-0.39, 0.29) is 16.7 Å². The van der Waals surface area contributed by atoms with Gasteiger partial charge in [-0.05, 0) is 49.1 Å². The molecule has 0 saturated heterocycles. The molecule has 0 N–H and O–H groups in total. The number of carbonyl (C=O) groups is 3. The molecule has 1 saturated carbocycles. The summed E-state index contributed by atoms with van der Waals surface area (Å²) in [5.74, 6) is -0.922. The molecule has 1 fully saturated rings. The average Bonchev–Trinajstić information content (AvgIpc) is 3.44. The molecular formula is C19H15NO5. The molecule has 1 heterocycles. The topological polar surface area (TPSA) is 72.9 Å². The third-order valence-electron chi connectivity index (χ3n) is 4.18. The van der Waals surface area contributed by atoms with Crippen molar-refractivity contribution in [1.29, 1.82) is 0 Å². The van der Waals surface area contributed by atoms with Gasteiger partial charge < -0.3 is 9.57 Å². The predicted octanol–water partition coefficient (Wildman–Crippen LogP) is 2.84. The maximum absolute atomic E-state index is 12.3. The minimum Gasteiger partial charge on any atom is -0.493 e. The van der Waals surface area contributed by atoms with Gasteiger partial charge in [-0.15, -0.1) is 0 Å². The van der Waals surface area contributed by atoms with Crippen LogP contribution in [0.25, 0.3) is 0 Å². The summed E-state index contributed by atoms with van der Waals surface area (Å²) in [6, 6.07) is 12.9. The predicted molar refractivity (Wildman–Crippen MR) is 87.0 cm³/mol. The molecule has 0 unspecified atom stereocenters. The zero-order valence-corrected chi connectivity index (χ0v) is 13.3. The number of imide groups is 1. The van der Waals surface area contributed by atoms with Crippen LogP contribution >= 0.6 is 0 Å². The highest BCUT2D eigenvalue weighted by molar-refractivity contribution is 6.21. The largest absolute Gasteiger partial charge is 0.493 e. The van der Waals surface area contributed by atoms with Crippen molar-refractivity contribution in [3.8, 4) is 5.75 Å². The first-order valence-corrected chi connectivity index (χ1v) is 8.06. The normalized spacial score (nSPS) is 15.9. The molecule has 2 aliphatic rings. The van der Waals surface area contributed by atoms with Crippen molar-refractivity contribution >= 4 is 17.8 Å². The minimum atomic E-state index is -0.786. The lowest BCUT2D eigenvalue weighted by Crippen LogP contribution is -2.32. The molecular weight excluding hydrogens is 322 g/mol. The van der Waals surface area contributed by atoms with Gasteiger partial charge in [-0.3, -0.25) is 9.59 Å². The Bertz CT molecular complexity index is 837. The van der Waals surface area contributed by atoms with Gasteiger partial charge in [0.1, 0.15) is 5.75 Å². The van der Waals surface area contributed by atoms with E-state index in [0.29, 0.717) is 23.3 Å². The van der Waals surface area contributed by atoms with Crippen molar-refractivity contribution in [3.63, 3.8) is 0 Å². The van der Waals surface area contributed by atoms with Crippen molar-refractivity contribution < 1.29 is 24.0 Å². The molecule has 0 bridgehead atoms. The first kappa shape index (κ1) is 15.4. The summed E-state index contributed by atoms with van der Waals surface area (Å²) >= 11 is 0. The van der Waals surface area contributed by atoms with E-state index in [1.807, 2.05) is 0 Å². The molecule has 6 heteroatoms. The van der Waals surface area contributed by atoms with E-state index in [1.165, 1.54) is 25.0 Å². The first-order valence-electron chi connectivity index (χ1n) is 8.06. The van der Waals surface area contributed by atoms with Crippen LogP contribution in [0.1, 0.15) is 43.9 Å². The summed E-state index contributed by atoms with van der Waals surface area (Å²) < 4.78 is 5.63. The van der Waals surface area contributed by atoms with Crippen LogP contribution in [0, 0.1) is 5.92 Å². The standard InChI is InChI=1S/C19H15NO5/c21-17-15-6-1-2-7-16(15)18(22)20(17)25-19(23)13-4-3-5-14(10-13)24-11-12-8-9-12/h1-7,10,12H,8-9,11H2. The van der Waals surface area contributed by atoms with Crippen LogP contribution in [0.15, 0.2) is 48.5 Å². The van der Waals surface area contributed by atoms with E-state index in [4.69, 9.17) is 9.57 Å². The summed E-state index contributed by atoms with van der Waals surface area (Å²) in [6.07, 6.45) is 2.34. The van der Waals surface area contributed by atoms with Crippen molar-refractivity contribution in [3.05, 3.63) is 65.2 Å². The number of carbonyl (C=O) groups excluding carboxylic acids is 3. The Balaban J connectivity index is 1.48. The van der Waals surface area contributed by atoms with Gasteiger partial charge in [0.2, 0.25) is 0 Å². The van der Waals surface area contributed by atoms with Gasteiger partial charge in [-0.1, -0.05) is 23.3 Å². The van der Waals surface area contributed by atoms with Gasteiger partial charge in [0.05, 0.1) is 23.3 Å². The van der Waals surface area contributed by atoms with Gasteiger partial charge in [0, 0.05) is 0 Å². The monoisotopic (exact) mass is 337 g/mol. The Labute approximate surface area is 143 Å². The fraction of sp³-hybridized carbons (Fsp3) is 0.211. The lowest BCUT2D eigenvalue weighted by atomic mass is 10.1. The number of hydrogen-bond acceptors (Lipinski definition) is 5. The number of rotatable bonds is 5. The molecule has 2 amide bonds. The van der Waals surface area contributed by atoms with Gasteiger partial charge in [-0.2, -0.15) is 0 Å². The number of hydrogen-bond donors (Lipinski definition) is 0. The number of amides is 2. The van der Waals surface area contributed by atoms with Crippen LogP contribution in [0.4, 0.5) is 0 Å². The third kappa shape index (κ3) is 2.98.